The van der Waals surface area contributed by atoms with Crippen LogP contribution >= 0.6 is 11.8 Å². The lowest BCUT2D eigenvalue weighted by atomic mass is 9.81. The lowest BCUT2D eigenvalue weighted by Gasteiger charge is -2.37. The van der Waals surface area contributed by atoms with Gasteiger partial charge in [0.25, 0.3) is 0 Å². The number of ether oxygens (including phenoxy) is 7. The number of aryl methyl sites for hydroxylation is 2. The average Bonchev–Trinajstić information content (AvgIpc) is 3.56. The van der Waals surface area contributed by atoms with E-state index in [1.165, 1.54) is 11.8 Å². The lowest BCUT2D eigenvalue weighted by molar-refractivity contribution is -0.165. The number of rotatable bonds is 12. The molecule has 1 aromatic rings. The number of thioether (sulfide) groups is 1. The molecule has 3 rings (SSSR count). The third-order valence-corrected chi connectivity index (χ3v) is 8.57. The lowest BCUT2D eigenvalue weighted by Crippen LogP contribution is -2.62. The van der Waals surface area contributed by atoms with Crippen molar-refractivity contribution in [1.29, 1.82) is 0 Å². The Kier molecular flexibility index (Phi) is 11.8. The number of alkyl carbamates (subject to hydrolysis) is 1. The first-order chi connectivity index (χ1) is 20.7. The highest BCUT2D eigenvalue weighted by molar-refractivity contribution is 7.99. The molecule has 1 aromatic carbocycles. The maximum absolute atomic E-state index is 13.9. The number of amides is 1. The van der Waals surface area contributed by atoms with Gasteiger partial charge in [0.1, 0.15) is 11.1 Å². The second kappa shape index (κ2) is 14.9. The highest BCUT2D eigenvalue weighted by Crippen LogP contribution is 2.66. The first kappa shape index (κ1) is 34.8. The molecule has 0 aliphatic heterocycles. The molecule has 0 unspecified atom stereocenters. The summed E-state index contributed by atoms with van der Waals surface area (Å²) in [7, 11) is 0. The molecule has 0 saturated heterocycles. The molecule has 1 amide bonds. The summed E-state index contributed by atoms with van der Waals surface area (Å²) in [6.07, 6.45) is -2.54. The topological polar surface area (TPSA) is 162 Å². The van der Waals surface area contributed by atoms with E-state index in [0.717, 1.165) is 16.0 Å². The van der Waals surface area contributed by atoms with Gasteiger partial charge in [-0.05, 0) is 84.1 Å². The molecule has 244 valence electrons. The number of nitrogens with one attached hydrogen (secondary N) is 1. The number of carbonyl (C=O) groups excluding carboxylic acids is 5. The number of hydrogen-bond donors (Lipinski definition) is 1. The summed E-state index contributed by atoms with van der Waals surface area (Å²) in [4.78, 5) is 64.4. The minimum Gasteiger partial charge on any atom is -0.444 e. The van der Waals surface area contributed by atoms with Crippen molar-refractivity contribution in [1.82, 2.24) is 5.32 Å². The fourth-order valence-electron chi connectivity index (χ4n) is 5.41. The van der Waals surface area contributed by atoms with Crippen LogP contribution in [-0.4, -0.2) is 74.0 Å². The first-order valence-electron chi connectivity index (χ1n) is 14.4. The fraction of sp³-hybridized carbons (Fsp3) is 0.633. The number of fused-ring (bicyclic) bond motifs is 1. The molecule has 0 bridgehead atoms. The Labute approximate surface area is 260 Å². The van der Waals surface area contributed by atoms with Crippen LogP contribution < -0.4 is 5.32 Å². The molecule has 0 aromatic heterocycles. The van der Waals surface area contributed by atoms with Crippen molar-refractivity contribution >= 4 is 42.1 Å². The van der Waals surface area contributed by atoms with Crippen LogP contribution in [0.3, 0.4) is 0 Å². The van der Waals surface area contributed by atoms with E-state index in [1.54, 1.807) is 34.6 Å². The maximum Gasteiger partial charge on any atom is 0.511 e. The van der Waals surface area contributed by atoms with Crippen LogP contribution in [0.1, 0.15) is 52.2 Å². The van der Waals surface area contributed by atoms with Crippen molar-refractivity contribution < 1.29 is 57.1 Å². The van der Waals surface area contributed by atoms with Gasteiger partial charge in [-0.3, -0.25) is 4.79 Å². The number of esters is 2. The van der Waals surface area contributed by atoms with E-state index >= 15 is 0 Å². The summed E-state index contributed by atoms with van der Waals surface area (Å²) in [5.41, 5.74) is -0.388. The molecule has 2 saturated carbocycles. The van der Waals surface area contributed by atoms with Crippen LogP contribution in [0.5, 0.6) is 0 Å². The molecule has 0 spiro atoms. The molecule has 13 nitrogen and oxygen atoms in total. The van der Waals surface area contributed by atoms with Gasteiger partial charge in [0, 0.05) is 22.5 Å². The molecule has 14 heteroatoms. The Morgan fingerprint density at radius 1 is 0.886 bits per heavy atom. The maximum atomic E-state index is 13.9. The predicted octanol–water partition coefficient (Wildman–Crippen LogP) is 4.89. The molecular weight excluding hydrogens is 598 g/mol. The Hall–Kier alpha value is -3.68. The van der Waals surface area contributed by atoms with Gasteiger partial charge >= 0.3 is 30.3 Å². The van der Waals surface area contributed by atoms with Crippen molar-refractivity contribution in [3.8, 4) is 0 Å². The van der Waals surface area contributed by atoms with Crippen LogP contribution in [0.15, 0.2) is 23.1 Å². The summed E-state index contributed by atoms with van der Waals surface area (Å²) in [6.45, 7) is 10.9. The minimum atomic E-state index is -1.73. The van der Waals surface area contributed by atoms with Gasteiger partial charge in [-0.2, -0.15) is 0 Å². The van der Waals surface area contributed by atoms with E-state index in [4.69, 9.17) is 28.4 Å². The monoisotopic (exact) mass is 639 g/mol. The van der Waals surface area contributed by atoms with Crippen molar-refractivity contribution in [3.05, 3.63) is 29.3 Å². The van der Waals surface area contributed by atoms with E-state index in [0.29, 0.717) is 12.2 Å². The van der Waals surface area contributed by atoms with E-state index in [9.17, 15) is 24.0 Å². The number of carbonyl (C=O) groups is 5. The minimum absolute atomic E-state index is 0.0577. The standard InChI is InChI=1S/C30H41NO12S/c1-8-37-27(35)41-15-39-24(32)22-21-13-19(14-44-20-11-10-17(3)18(4)12-20)30(23(21)22,31-26(34)43-29(5,6)7)25(33)40-16-42-28(36)38-9-2/h10-12,19,21-23H,8-9,13-16H2,1-7H3,(H,31,34)/t19-,21-,22-,23-,30-/m0/s1. The van der Waals surface area contributed by atoms with Crippen LogP contribution in [-0.2, 0) is 42.7 Å². The molecule has 44 heavy (non-hydrogen) atoms. The van der Waals surface area contributed by atoms with Crippen LogP contribution in [0.4, 0.5) is 14.4 Å². The molecule has 2 aliphatic carbocycles. The summed E-state index contributed by atoms with van der Waals surface area (Å²) in [6, 6.07) is 6.01. The van der Waals surface area contributed by atoms with Crippen LogP contribution in [0, 0.1) is 37.5 Å². The van der Waals surface area contributed by atoms with Crippen molar-refractivity contribution in [2.24, 2.45) is 23.7 Å². The Bertz CT molecular complexity index is 1230. The molecule has 2 fully saturated rings. The van der Waals surface area contributed by atoms with Crippen molar-refractivity contribution in [3.63, 3.8) is 0 Å². The molecule has 0 heterocycles. The zero-order valence-electron chi connectivity index (χ0n) is 26.1. The second-order valence-electron chi connectivity index (χ2n) is 11.5. The molecule has 5 atom stereocenters. The molecule has 0 radical (unpaired) electrons. The van der Waals surface area contributed by atoms with E-state index in [-0.39, 0.29) is 19.1 Å². The third-order valence-electron chi connectivity index (χ3n) is 7.41. The fourth-order valence-corrected chi connectivity index (χ4v) is 6.63. The smallest absolute Gasteiger partial charge is 0.444 e. The summed E-state index contributed by atoms with van der Waals surface area (Å²) in [5.74, 6) is -3.63. The zero-order chi connectivity index (χ0) is 32.7. The Morgan fingerprint density at radius 3 is 2.07 bits per heavy atom. The highest BCUT2D eigenvalue weighted by Gasteiger charge is 2.76. The number of benzene rings is 1. The predicted molar refractivity (Wildman–Crippen MR) is 155 cm³/mol. The Balaban J connectivity index is 1.88. The van der Waals surface area contributed by atoms with Gasteiger partial charge in [-0.1, -0.05) is 6.07 Å². The van der Waals surface area contributed by atoms with Crippen molar-refractivity contribution in [2.75, 3.05) is 32.6 Å². The summed E-state index contributed by atoms with van der Waals surface area (Å²) in [5, 5.41) is 2.75. The van der Waals surface area contributed by atoms with E-state index < -0.39 is 72.8 Å². The van der Waals surface area contributed by atoms with Gasteiger partial charge in [-0.15, -0.1) is 11.8 Å². The van der Waals surface area contributed by atoms with E-state index in [2.05, 4.69) is 10.1 Å². The quantitative estimate of drug-likeness (QED) is 0.143. The second-order valence-corrected chi connectivity index (χ2v) is 12.6. The third kappa shape index (κ3) is 8.70. The Morgan fingerprint density at radius 2 is 1.50 bits per heavy atom. The normalized spacial score (nSPS) is 23.4. The summed E-state index contributed by atoms with van der Waals surface area (Å²) < 4.78 is 35.0. The van der Waals surface area contributed by atoms with Gasteiger partial charge < -0.3 is 38.5 Å². The van der Waals surface area contributed by atoms with Gasteiger partial charge in [0.2, 0.25) is 13.6 Å². The first-order valence-corrected chi connectivity index (χ1v) is 15.4. The SMILES string of the molecule is CCOC(=O)OCOC(=O)[C@H]1[C@@H]2C[C@@H](CSc3ccc(C)c(C)c3)[C@@](NC(=O)OC(C)(C)C)(C(=O)OCOC(=O)OCC)[C@@H]21. The van der Waals surface area contributed by atoms with E-state index in [1.807, 2.05) is 32.0 Å². The molecule has 2 aliphatic rings. The van der Waals surface area contributed by atoms with Crippen LogP contribution in [0.25, 0.3) is 0 Å². The summed E-state index contributed by atoms with van der Waals surface area (Å²) >= 11 is 1.50. The molecular formula is C30H41NO12S. The number of hydrogen-bond acceptors (Lipinski definition) is 13. The van der Waals surface area contributed by atoms with Crippen molar-refractivity contribution in [2.45, 2.75) is 70.9 Å². The van der Waals surface area contributed by atoms with Crippen LogP contribution in [0.2, 0.25) is 0 Å². The highest BCUT2D eigenvalue weighted by atomic mass is 32.2. The van der Waals surface area contributed by atoms with Gasteiger partial charge in [-0.25, -0.2) is 19.2 Å². The largest absolute Gasteiger partial charge is 0.511 e. The van der Waals surface area contributed by atoms with Gasteiger partial charge in [0.15, 0.2) is 0 Å². The molecule has 1 N–H and O–H groups in total. The average molecular weight is 640 g/mol. The van der Waals surface area contributed by atoms with Gasteiger partial charge in [0.05, 0.1) is 19.1 Å². The zero-order valence-corrected chi connectivity index (χ0v) is 26.9.